The third-order valence-corrected chi connectivity index (χ3v) is 7.80. The van der Waals surface area contributed by atoms with E-state index >= 15 is 0 Å². The Kier molecular flexibility index (Phi) is 8.62. The minimum Gasteiger partial charge on any atom is -0.493 e. The van der Waals surface area contributed by atoms with Crippen LogP contribution in [0.4, 0.5) is 11.6 Å². The third-order valence-electron chi connectivity index (χ3n) is 6.39. The minimum atomic E-state index is -0.546. The van der Waals surface area contributed by atoms with E-state index in [0.29, 0.717) is 44.6 Å². The number of carbonyl (C=O) groups excluding carboxylic acids is 1. The Morgan fingerprint density at radius 1 is 1.10 bits per heavy atom. The third kappa shape index (κ3) is 5.95. The number of anilines is 2. The Bertz CT molecular complexity index is 1540. The number of thioether (sulfide) groups is 1. The molecule has 0 radical (unpaired) electrons. The molecule has 10 heteroatoms. The maximum atomic E-state index is 13.7. The summed E-state index contributed by atoms with van der Waals surface area (Å²) in [6.45, 7) is 4.28. The molecule has 0 bridgehead atoms. The number of allylic oxidation sites excluding steroid dienone is 1. The molecule has 8 nitrogen and oxygen atoms in total. The molecule has 40 heavy (non-hydrogen) atoms. The van der Waals surface area contributed by atoms with Crippen LogP contribution in [0, 0.1) is 0 Å². The van der Waals surface area contributed by atoms with E-state index in [4.69, 9.17) is 31.2 Å². The Balaban J connectivity index is 1.51. The van der Waals surface area contributed by atoms with Crippen molar-refractivity contribution in [2.45, 2.75) is 38.1 Å². The predicted octanol–water partition coefficient (Wildman–Crippen LogP) is 6.95. The van der Waals surface area contributed by atoms with Crippen LogP contribution in [0.15, 0.2) is 89.2 Å². The molecule has 1 atom stereocenters. The van der Waals surface area contributed by atoms with Gasteiger partial charge in [-0.2, -0.15) is 4.98 Å². The molecule has 5 rings (SSSR count). The average Bonchev–Trinajstić information content (AvgIpc) is 3.37. The first-order valence-electron chi connectivity index (χ1n) is 13.0. The lowest BCUT2D eigenvalue weighted by Crippen LogP contribution is -2.31. The van der Waals surface area contributed by atoms with Crippen LogP contribution >= 0.6 is 23.4 Å². The number of methoxy groups -OCH3 is 1. The summed E-state index contributed by atoms with van der Waals surface area (Å²) in [5.74, 6) is 2.34. The summed E-state index contributed by atoms with van der Waals surface area (Å²) < 4.78 is 13.6. The molecule has 0 spiro atoms. The van der Waals surface area contributed by atoms with Crippen LogP contribution in [-0.2, 0) is 11.4 Å². The first-order chi connectivity index (χ1) is 19.5. The summed E-state index contributed by atoms with van der Waals surface area (Å²) in [7, 11) is 1.59. The number of carbonyl (C=O) groups is 1. The number of rotatable bonds is 10. The average molecular weight is 576 g/mol. The largest absolute Gasteiger partial charge is 0.493 e. The zero-order valence-electron chi connectivity index (χ0n) is 22.5. The lowest BCUT2D eigenvalue weighted by Gasteiger charge is -2.29. The Morgan fingerprint density at radius 2 is 1.88 bits per heavy atom. The summed E-state index contributed by atoms with van der Waals surface area (Å²) in [4.78, 5) is 18.4. The van der Waals surface area contributed by atoms with Gasteiger partial charge in [0.25, 0.3) is 5.91 Å². The lowest BCUT2D eigenvalue weighted by molar-refractivity contribution is -0.113. The highest BCUT2D eigenvalue weighted by Gasteiger charge is 2.35. The van der Waals surface area contributed by atoms with E-state index in [1.165, 1.54) is 0 Å². The van der Waals surface area contributed by atoms with Gasteiger partial charge in [0, 0.05) is 27.7 Å². The van der Waals surface area contributed by atoms with Crippen molar-refractivity contribution in [3.05, 3.63) is 100 Å². The van der Waals surface area contributed by atoms with Crippen molar-refractivity contribution < 1.29 is 14.3 Å². The molecule has 2 heterocycles. The van der Waals surface area contributed by atoms with Crippen LogP contribution in [0.2, 0.25) is 5.02 Å². The van der Waals surface area contributed by atoms with Crippen molar-refractivity contribution in [1.82, 2.24) is 14.8 Å². The Morgan fingerprint density at radius 3 is 2.62 bits per heavy atom. The van der Waals surface area contributed by atoms with Crippen LogP contribution in [0.3, 0.4) is 0 Å². The van der Waals surface area contributed by atoms with Crippen molar-refractivity contribution in [3.63, 3.8) is 0 Å². The number of nitrogens with one attached hydrogen (secondary N) is 2. The first kappa shape index (κ1) is 27.6. The minimum absolute atomic E-state index is 0.233. The number of aromatic nitrogens is 3. The van der Waals surface area contributed by atoms with E-state index in [0.717, 1.165) is 23.3 Å². The van der Waals surface area contributed by atoms with Crippen molar-refractivity contribution in [2.24, 2.45) is 0 Å². The number of amides is 1. The highest BCUT2D eigenvalue weighted by atomic mass is 35.5. The smallest absolute Gasteiger partial charge is 0.255 e. The van der Waals surface area contributed by atoms with Crippen molar-refractivity contribution in [3.8, 4) is 11.5 Å². The molecule has 1 unspecified atom stereocenters. The molecular formula is C30H30ClN5O3S. The second-order valence-corrected chi connectivity index (χ2v) is 10.7. The fourth-order valence-electron chi connectivity index (χ4n) is 4.45. The number of hydrogen-bond acceptors (Lipinski definition) is 7. The van der Waals surface area contributed by atoms with E-state index in [9.17, 15) is 4.79 Å². The molecule has 1 amide bonds. The van der Waals surface area contributed by atoms with Gasteiger partial charge in [0.05, 0.1) is 12.7 Å². The topological polar surface area (TPSA) is 90.3 Å². The number of para-hydroxylation sites is 1. The Labute approximate surface area is 242 Å². The van der Waals surface area contributed by atoms with Crippen LogP contribution in [0.25, 0.3) is 0 Å². The fourth-order valence-corrected chi connectivity index (χ4v) is 5.33. The van der Waals surface area contributed by atoms with Gasteiger partial charge in [0.1, 0.15) is 12.6 Å². The second kappa shape index (κ2) is 12.5. The monoisotopic (exact) mass is 575 g/mol. The second-order valence-electron chi connectivity index (χ2n) is 9.19. The number of ether oxygens (including phenoxy) is 2. The highest BCUT2D eigenvalue weighted by molar-refractivity contribution is 7.99. The zero-order chi connectivity index (χ0) is 28.1. The van der Waals surface area contributed by atoms with Gasteiger partial charge in [-0.1, -0.05) is 72.8 Å². The maximum absolute atomic E-state index is 13.7. The molecule has 1 aromatic heterocycles. The summed E-state index contributed by atoms with van der Waals surface area (Å²) in [5, 5.41) is 12.4. The van der Waals surface area contributed by atoms with Crippen LogP contribution in [-0.4, -0.2) is 33.5 Å². The quantitative estimate of drug-likeness (QED) is 0.198. The maximum Gasteiger partial charge on any atom is 0.255 e. The highest BCUT2D eigenvalue weighted by Crippen LogP contribution is 2.40. The molecule has 4 aromatic rings. The molecule has 0 fully saturated rings. The number of fused-ring (bicyclic) bond motifs is 1. The fraction of sp³-hybridized carbons (Fsp3) is 0.233. The van der Waals surface area contributed by atoms with E-state index in [1.807, 2.05) is 79.7 Å². The van der Waals surface area contributed by atoms with Crippen molar-refractivity contribution in [2.75, 3.05) is 23.5 Å². The molecule has 1 aliphatic heterocycles. The molecule has 0 aliphatic carbocycles. The number of nitrogens with zero attached hydrogens (tertiary/aromatic N) is 3. The summed E-state index contributed by atoms with van der Waals surface area (Å²) in [5.41, 5.74) is 3.61. The number of halogens is 1. The first-order valence-corrected chi connectivity index (χ1v) is 14.3. The van der Waals surface area contributed by atoms with E-state index in [2.05, 4.69) is 17.6 Å². The zero-order valence-corrected chi connectivity index (χ0v) is 24.1. The normalized spacial score (nSPS) is 14.3. The molecule has 3 aromatic carbocycles. The molecule has 2 N–H and O–H groups in total. The van der Waals surface area contributed by atoms with E-state index in [1.54, 1.807) is 23.6 Å². The summed E-state index contributed by atoms with van der Waals surface area (Å²) in [6.07, 6.45) is 1.00. The molecule has 1 aliphatic rings. The van der Waals surface area contributed by atoms with Gasteiger partial charge >= 0.3 is 0 Å². The summed E-state index contributed by atoms with van der Waals surface area (Å²) in [6, 6.07) is 22.0. The lowest BCUT2D eigenvalue weighted by atomic mass is 9.94. The van der Waals surface area contributed by atoms with E-state index < -0.39 is 6.04 Å². The van der Waals surface area contributed by atoms with Gasteiger partial charge in [-0.15, -0.1) is 5.10 Å². The molecule has 0 saturated carbocycles. The van der Waals surface area contributed by atoms with E-state index in [-0.39, 0.29) is 12.5 Å². The van der Waals surface area contributed by atoms with Gasteiger partial charge in [0.15, 0.2) is 11.5 Å². The van der Waals surface area contributed by atoms with Crippen LogP contribution in [0.1, 0.15) is 37.4 Å². The summed E-state index contributed by atoms with van der Waals surface area (Å²) >= 11 is 7.90. The SMILES string of the molecule is CCCSc1nc2n(n1)C(c1ccc(OCc3ccccc3Cl)c(OC)c1)C(C(=O)Nc1ccccc1)=C(C)N2. The standard InChI is InChI=1S/C30H30ClN5O3S/c1-4-16-40-30-34-29-32-19(2)26(28(37)33-22-11-6-5-7-12-22)27(36(29)35-30)20-14-15-24(25(17-20)38-3)39-18-21-10-8-9-13-23(21)31/h5-15,17,27H,4,16,18H2,1-3H3,(H,33,37)(H,32,34,35). The van der Waals surface area contributed by atoms with Crippen LogP contribution in [0.5, 0.6) is 11.5 Å². The van der Waals surface area contributed by atoms with Gasteiger partial charge in [-0.25, -0.2) is 4.68 Å². The van der Waals surface area contributed by atoms with Gasteiger partial charge in [-0.3, -0.25) is 4.79 Å². The Hall–Kier alpha value is -3.95. The molecular weight excluding hydrogens is 546 g/mol. The van der Waals surface area contributed by atoms with Crippen LogP contribution < -0.4 is 20.1 Å². The number of benzene rings is 3. The van der Waals surface area contributed by atoms with Crippen molar-refractivity contribution in [1.29, 1.82) is 0 Å². The molecule has 0 saturated heterocycles. The van der Waals surface area contributed by atoms with Gasteiger partial charge in [-0.05, 0) is 49.2 Å². The predicted molar refractivity (Wildman–Crippen MR) is 159 cm³/mol. The van der Waals surface area contributed by atoms with Crippen molar-refractivity contribution >= 4 is 40.9 Å². The van der Waals surface area contributed by atoms with Gasteiger partial charge < -0.3 is 20.1 Å². The number of hydrogen-bond donors (Lipinski definition) is 2. The molecule has 206 valence electrons. The van der Waals surface area contributed by atoms with Gasteiger partial charge in [0.2, 0.25) is 11.1 Å².